The van der Waals surface area contributed by atoms with Crippen molar-refractivity contribution in [1.29, 1.82) is 0 Å². The molecule has 1 aliphatic rings. The lowest BCUT2D eigenvalue weighted by Gasteiger charge is -2.13. The second-order valence-electron chi connectivity index (χ2n) is 6.39. The molecule has 1 aromatic carbocycles. The highest BCUT2D eigenvalue weighted by Crippen LogP contribution is 2.45. The summed E-state index contributed by atoms with van der Waals surface area (Å²) in [7, 11) is 0. The first-order chi connectivity index (χ1) is 11.3. The third-order valence-corrected chi connectivity index (χ3v) is 4.57. The lowest BCUT2D eigenvalue weighted by Crippen LogP contribution is -2.38. The van der Waals surface area contributed by atoms with Crippen LogP contribution >= 0.6 is 0 Å². The maximum Gasteiger partial charge on any atom is 0.191 e. The number of hydrogen-bond donors (Lipinski definition) is 4. The molecule has 0 atom stereocenters. The Hall–Kier alpha value is -2.01. The summed E-state index contributed by atoms with van der Waals surface area (Å²) < 4.78 is 0. The van der Waals surface area contributed by atoms with Crippen LogP contribution in [0.25, 0.3) is 10.9 Å². The minimum Gasteiger partial charge on any atom is -0.396 e. The lowest BCUT2D eigenvalue weighted by molar-refractivity contribution is 0.217. The van der Waals surface area contributed by atoms with Gasteiger partial charge in [0.1, 0.15) is 0 Å². The van der Waals surface area contributed by atoms with E-state index in [-0.39, 0.29) is 12.0 Å². The Morgan fingerprint density at radius 1 is 1.30 bits per heavy atom. The Balaban J connectivity index is 1.55. The van der Waals surface area contributed by atoms with Gasteiger partial charge in [-0.15, -0.1) is 0 Å². The summed E-state index contributed by atoms with van der Waals surface area (Å²) in [5.74, 6) is 0.840. The molecule has 0 radical (unpaired) electrons. The summed E-state index contributed by atoms with van der Waals surface area (Å²) in [6, 6.07) is 8.37. The summed E-state index contributed by atoms with van der Waals surface area (Å²) in [4.78, 5) is 7.94. The number of nitrogens with one attached hydrogen (secondary N) is 3. The van der Waals surface area contributed by atoms with Gasteiger partial charge in [0.25, 0.3) is 0 Å². The number of nitrogens with zero attached hydrogens (tertiary/aromatic N) is 1. The third kappa shape index (κ3) is 3.85. The fourth-order valence-corrected chi connectivity index (χ4v) is 2.79. The number of aliphatic hydroxyl groups excluding tert-OH is 1. The van der Waals surface area contributed by atoms with Crippen LogP contribution in [-0.2, 0) is 6.42 Å². The van der Waals surface area contributed by atoms with Crippen molar-refractivity contribution in [2.75, 3.05) is 26.2 Å². The Morgan fingerprint density at radius 3 is 2.87 bits per heavy atom. The van der Waals surface area contributed by atoms with Gasteiger partial charge in [0.2, 0.25) is 0 Å². The van der Waals surface area contributed by atoms with Crippen LogP contribution in [0.1, 0.15) is 25.3 Å². The van der Waals surface area contributed by atoms with E-state index in [2.05, 4.69) is 51.9 Å². The first-order valence-electron chi connectivity index (χ1n) is 8.44. The number of hydrogen-bond acceptors (Lipinski definition) is 2. The van der Waals surface area contributed by atoms with Gasteiger partial charge in [0.15, 0.2) is 5.96 Å². The summed E-state index contributed by atoms with van der Waals surface area (Å²) in [5, 5.41) is 17.3. The number of aliphatic hydroxyl groups is 1. The molecule has 124 valence electrons. The van der Waals surface area contributed by atoms with Gasteiger partial charge in [-0.3, -0.25) is 4.99 Å². The van der Waals surface area contributed by atoms with E-state index in [0.717, 1.165) is 38.3 Å². The second-order valence-corrected chi connectivity index (χ2v) is 6.39. The number of para-hydroxylation sites is 1. The van der Waals surface area contributed by atoms with Crippen LogP contribution in [0.15, 0.2) is 35.5 Å². The molecule has 1 fully saturated rings. The summed E-state index contributed by atoms with van der Waals surface area (Å²) in [5.41, 5.74) is 2.55. The fraction of sp³-hybridized carbons (Fsp3) is 0.500. The molecule has 4 N–H and O–H groups in total. The van der Waals surface area contributed by atoms with E-state index >= 15 is 0 Å². The van der Waals surface area contributed by atoms with Crippen LogP contribution in [0.2, 0.25) is 0 Å². The number of aromatic amines is 1. The number of fused-ring (bicyclic) bond motifs is 1. The van der Waals surface area contributed by atoms with Gasteiger partial charge in [0, 0.05) is 35.6 Å². The normalized spacial score (nSPS) is 16.5. The molecule has 1 aliphatic carbocycles. The van der Waals surface area contributed by atoms with Crippen molar-refractivity contribution in [3.05, 3.63) is 36.0 Å². The fourth-order valence-electron chi connectivity index (χ4n) is 2.79. The molecule has 1 saturated carbocycles. The van der Waals surface area contributed by atoms with Crippen molar-refractivity contribution in [2.45, 2.75) is 26.2 Å². The number of aliphatic imine (C=N–C) groups is 1. The SMILES string of the molecule is CCNC(=NCC1(CO)CC1)NCCc1c[nH]c2ccccc12. The highest BCUT2D eigenvalue weighted by atomic mass is 16.3. The minimum atomic E-state index is 0.0548. The van der Waals surface area contributed by atoms with Gasteiger partial charge in [-0.1, -0.05) is 18.2 Å². The van der Waals surface area contributed by atoms with E-state index in [9.17, 15) is 5.11 Å². The molecule has 3 rings (SSSR count). The van der Waals surface area contributed by atoms with E-state index in [1.54, 1.807) is 0 Å². The van der Waals surface area contributed by atoms with Gasteiger partial charge in [-0.05, 0) is 37.8 Å². The maximum atomic E-state index is 9.39. The lowest BCUT2D eigenvalue weighted by atomic mass is 10.1. The first kappa shape index (κ1) is 15.9. The van der Waals surface area contributed by atoms with Crippen molar-refractivity contribution in [2.24, 2.45) is 10.4 Å². The standard InChI is InChI=1S/C18H26N4O/c1-2-19-17(22-12-18(13-23)8-9-18)20-10-7-14-11-21-16-6-4-3-5-15(14)16/h3-6,11,21,23H,2,7-10,12-13H2,1H3,(H2,19,20,22). The summed E-state index contributed by atoms with van der Waals surface area (Å²) in [6.07, 6.45) is 5.20. The number of H-pyrrole nitrogens is 1. The topological polar surface area (TPSA) is 72.4 Å². The number of rotatable bonds is 7. The smallest absolute Gasteiger partial charge is 0.191 e. The van der Waals surface area contributed by atoms with Crippen molar-refractivity contribution in [1.82, 2.24) is 15.6 Å². The quantitative estimate of drug-likeness (QED) is 0.467. The monoisotopic (exact) mass is 314 g/mol. The van der Waals surface area contributed by atoms with Crippen LogP contribution in [0.4, 0.5) is 0 Å². The average molecular weight is 314 g/mol. The molecule has 5 heteroatoms. The van der Waals surface area contributed by atoms with Crippen molar-refractivity contribution >= 4 is 16.9 Å². The Bertz CT molecular complexity index is 672. The predicted molar refractivity (Wildman–Crippen MR) is 94.7 cm³/mol. The highest BCUT2D eigenvalue weighted by Gasteiger charge is 2.41. The van der Waals surface area contributed by atoms with E-state index in [4.69, 9.17) is 0 Å². The Morgan fingerprint density at radius 2 is 2.13 bits per heavy atom. The van der Waals surface area contributed by atoms with Crippen LogP contribution < -0.4 is 10.6 Å². The second kappa shape index (κ2) is 7.04. The Labute approximate surface area is 137 Å². The van der Waals surface area contributed by atoms with Gasteiger partial charge in [-0.2, -0.15) is 0 Å². The Kier molecular flexibility index (Phi) is 4.86. The number of guanidine groups is 1. The molecule has 2 aromatic rings. The molecule has 23 heavy (non-hydrogen) atoms. The molecular weight excluding hydrogens is 288 g/mol. The molecule has 0 aliphatic heterocycles. The zero-order valence-corrected chi connectivity index (χ0v) is 13.7. The molecule has 0 amide bonds. The van der Waals surface area contributed by atoms with Crippen LogP contribution in [-0.4, -0.2) is 42.3 Å². The van der Waals surface area contributed by atoms with Gasteiger partial charge in [0.05, 0.1) is 13.2 Å². The highest BCUT2D eigenvalue weighted by molar-refractivity contribution is 5.83. The van der Waals surface area contributed by atoms with Crippen LogP contribution in [0.5, 0.6) is 0 Å². The van der Waals surface area contributed by atoms with Crippen molar-refractivity contribution < 1.29 is 5.11 Å². The average Bonchev–Trinajstić information content (AvgIpc) is 3.26. The van der Waals surface area contributed by atoms with Crippen molar-refractivity contribution in [3.63, 3.8) is 0 Å². The molecule has 0 bridgehead atoms. The summed E-state index contributed by atoms with van der Waals surface area (Å²) in [6.45, 7) is 4.68. The molecule has 0 spiro atoms. The van der Waals surface area contributed by atoms with Gasteiger partial charge in [-0.25, -0.2) is 0 Å². The molecule has 1 heterocycles. The van der Waals surface area contributed by atoms with E-state index in [1.807, 2.05) is 6.07 Å². The number of benzene rings is 1. The largest absolute Gasteiger partial charge is 0.396 e. The maximum absolute atomic E-state index is 9.39. The first-order valence-corrected chi connectivity index (χ1v) is 8.44. The van der Waals surface area contributed by atoms with E-state index in [0.29, 0.717) is 6.54 Å². The molecule has 5 nitrogen and oxygen atoms in total. The zero-order chi connectivity index (χ0) is 16.1. The van der Waals surface area contributed by atoms with Gasteiger partial charge < -0.3 is 20.7 Å². The minimum absolute atomic E-state index is 0.0548. The van der Waals surface area contributed by atoms with Crippen LogP contribution in [0, 0.1) is 5.41 Å². The van der Waals surface area contributed by atoms with Crippen LogP contribution in [0.3, 0.4) is 0 Å². The molecule has 1 aromatic heterocycles. The zero-order valence-electron chi connectivity index (χ0n) is 13.7. The molecular formula is C18H26N4O. The molecule has 0 unspecified atom stereocenters. The van der Waals surface area contributed by atoms with Crippen molar-refractivity contribution in [3.8, 4) is 0 Å². The van der Waals surface area contributed by atoms with E-state index < -0.39 is 0 Å². The van der Waals surface area contributed by atoms with E-state index in [1.165, 1.54) is 16.5 Å². The summed E-state index contributed by atoms with van der Waals surface area (Å²) >= 11 is 0. The predicted octanol–water partition coefficient (Wildman–Crippen LogP) is 2.04. The van der Waals surface area contributed by atoms with Gasteiger partial charge >= 0.3 is 0 Å². The third-order valence-electron chi connectivity index (χ3n) is 4.57. The molecule has 0 saturated heterocycles. The number of aromatic nitrogens is 1.